The number of cyclic esters (lactones) is 1. The van der Waals surface area contributed by atoms with Crippen molar-refractivity contribution in [3.8, 4) is 0 Å². The van der Waals surface area contributed by atoms with Crippen LogP contribution >= 0.6 is 0 Å². The molecule has 0 aromatic heterocycles. The number of hydrogen-bond donors (Lipinski definition) is 2. The van der Waals surface area contributed by atoms with Crippen LogP contribution in [0.25, 0.3) is 0 Å². The normalized spacial score (nSPS) is 39.4. The Balaban J connectivity index is 1.79. The molecule has 0 spiro atoms. The van der Waals surface area contributed by atoms with Gasteiger partial charge in [0.1, 0.15) is 29.6 Å². The molecule has 3 heterocycles. The molecular weight excluding hydrogens is 791 g/mol. The van der Waals surface area contributed by atoms with E-state index in [1.54, 1.807) is 35.2 Å². The first kappa shape index (κ1) is 51.9. The first-order valence-electron chi connectivity index (χ1n) is 23.6. The van der Waals surface area contributed by atoms with E-state index in [1.807, 2.05) is 32.9 Å². The summed E-state index contributed by atoms with van der Waals surface area (Å²) < 4.78 is 30.8. The van der Waals surface area contributed by atoms with E-state index in [1.165, 1.54) is 4.90 Å². The Morgan fingerprint density at radius 1 is 0.919 bits per heavy atom. The molecule has 1 unspecified atom stereocenters. The number of amides is 1. The molecule has 4 rings (SSSR count). The summed E-state index contributed by atoms with van der Waals surface area (Å²) >= 11 is 0. The average molecular weight is 872 g/mol. The number of fused-ring (bicyclic) bond motifs is 3. The third-order valence-corrected chi connectivity index (χ3v) is 14.7. The van der Waals surface area contributed by atoms with Gasteiger partial charge < -0.3 is 38.8 Å². The van der Waals surface area contributed by atoms with Crippen molar-refractivity contribution in [3.05, 3.63) is 35.5 Å². The van der Waals surface area contributed by atoms with Crippen LogP contribution in [0.15, 0.2) is 35.5 Å². The van der Waals surface area contributed by atoms with E-state index >= 15 is 0 Å². The van der Waals surface area contributed by atoms with Crippen molar-refractivity contribution in [1.29, 1.82) is 0 Å². The highest BCUT2D eigenvalue weighted by molar-refractivity contribution is 6.39. The van der Waals surface area contributed by atoms with Crippen LogP contribution < -0.4 is 0 Å². The van der Waals surface area contributed by atoms with Crippen molar-refractivity contribution < 1.29 is 53.1 Å². The summed E-state index contributed by atoms with van der Waals surface area (Å²) in [5, 5.41) is 22.4. The third-order valence-electron chi connectivity index (χ3n) is 14.7. The van der Waals surface area contributed by atoms with E-state index in [-0.39, 0.29) is 48.7 Å². The molecule has 3 aliphatic heterocycles. The lowest BCUT2D eigenvalue weighted by Gasteiger charge is -2.48. The molecule has 1 amide bonds. The van der Waals surface area contributed by atoms with Crippen molar-refractivity contribution in [2.45, 2.75) is 193 Å². The average Bonchev–Trinajstić information content (AvgIpc) is 3.25. The number of esters is 1. The lowest BCUT2D eigenvalue weighted by molar-refractivity contribution is -0.229. The van der Waals surface area contributed by atoms with Crippen LogP contribution in [0, 0.1) is 35.5 Å². The van der Waals surface area contributed by atoms with Crippen LogP contribution in [0.4, 0.5) is 0 Å². The van der Waals surface area contributed by atoms with Crippen LogP contribution in [-0.2, 0) is 42.9 Å². The van der Waals surface area contributed by atoms with Gasteiger partial charge in [-0.15, -0.1) is 0 Å². The van der Waals surface area contributed by atoms with E-state index in [9.17, 15) is 29.4 Å². The number of carbonyl (C=O) groups excluding carboxylic acids is 4. The van der Waals surface area contributed by atoms with Crippen molar-refractivity contribution in [1.82, 2.24) is 4.90 Å². The summed E-state index contributed by atoms with van der Waals surface area (Å²) in [6.07, 6.45) is 11.2. The number of nitrogens with zero attached hydrogens (tertiary/aromatic N) is 1. The highest BCUT2D eigenvalue weighted by Crippen LogP contribution is 2.40. The molecule has 1 saturated carbocycles. The highest BCUT2D eigenvalue weighted by atomic mass is 16.6. The molecule has 352 valence electrons. The van der Waals surface area contributed by atoms with Crippen LogP contribution in [-0.4, -0.2) is 121 Å². The summed E-state index contributed by atoms with van der Waals surface area (Å²) in [5.41, 5.74) is 0.228. The van der Waals surface area contributed by atoms with E-state index in [2.05, 4.69) is 32.9 Å². The number of ether oxygens (including phenoxy) is 5. The minimum absolute atomic E-state index is 0.0168. The maximum Gasteiger partial charge on any atom is 0.329 e. The number of ketones is 2. The number of carbonyl (C=O) groups is 4. The molecular formula is C50H81NO11. The summed E-state index contributed by atoms with van der Waals surface area (Å²) in [7, 11) is 4.83. The molecule has 2 saturated heterocycles. The Labute approximate surface area is 372 Å². The SMILES string of the molecule is CCC(C)C/C=C/C[C@@H]1/C=C(\C)C[C@H](C)C[C@H](OC)[C@H]2O[C@@](C)(C(=O)C(=O)N3CCCC[C@H]3C(=O)O[C@H](/C(C)=C/[C@@H]3CC[C@@H](O)[C@H](OC)C3)[C@H](C)[C@@H](O)CC1=O)[C@H](C)C[C@@H]2OC. The van der Waals surface area contributed by atoms with E-state index in [4.69, 9.17) is 23.7 Å². The van der Waals surface area contributed by atoms with Crippen molar-refractivity contribution in [2.24, 2.45) is 35.5 Å². The second-order valence-corrected chi connectivity index (χ2v) is 19.6. The first-order chi connectivity index (χ1) is 29.4. The Kier molecular flexibility index (Phi) is 20.1. The lowest BCUT2D eigenvalue weighted by atomic mass is 9.76. The molecule has 0 aromatic rings. The zero-order valence-electron chi connectivity index (χ0n) is 39.8. The Morgan fingerprint density at radius 2 is 1.60 bits per heavy atom. The molecule has 2 N–H and O–H groups in total. The molecule has 3 fully saturated rings. The molecule has 4 aliphatic rings. The molecule has 1 aliphatic carbocycles. The van der Waals surface area contributed by atoms with Gasteiger partial charge >= 0.3 is 5.97 Å². The summed E-state index contributed by atoms with van der Waals surface area (Å²) in [6, 6.07) is -1.03. The number of Topliss-reactive ketones (excluding diaryl/α,β-unsaturated/α-hetero) is 2. The fourth-order valence-electron chi connectivity index (χ4n) is 10.2. The topological polar surface area (TPSA) is 158 Å². The second-order valence-electron chi connectivity index (χ2n) is 19.6. The maximum absolute atomic E-state index is 14.6. The fourth-order valence-corrected chi connectivity index (χ4v) is 10.2. The van der Waals surface area contributed by atoms with Gasteiger partial charge in [0.25, 0.3) is 11.7 Å². The number of rotatable bonds is 10. The van der Waals surface area contributed by atoms with Gasteiger partial charge in [-0.2, -0.15) is 0 Å². The molecule has 15 atom stereocenters. The van der Waals surface area contributed by atoms with Gasteiger partial charge in [0.05, 0.1) is 30.5 Å². The van der Waals surface area contributed by atoms with Crippen molar-refractivity contribution in [3.63, 3.8) is 0 Å². The zero-order chi connectivity index (χ0) is 45.9. The van der Waals surface area contributed by atoms with Crippen molar-refractivity contribution >= 4 is 23.4 Å². The molecule has 12 nitrogen and oxygen atoms in total. The smallest absolute Gasteiger partial charge is 0.329 e. The lowest BCUT2D eigenvalue weighted by Crippen LogP contribution is -2.63. The zero-order valence-corrected chi connectivity index (χ0v) is 39.8. The number of methoxy groups -OCH3 is 3. The van der Waals surface area contributed by atoms with Gasteiger partial charge in [0.15, 0.2) is 0 Å². The molecule has 0 aromatic carbocycles. The summed E-state index contributed by atoms with van der Waals surface area (Å²) in [6.45, 7) is 16.0. The number of piperidine rings is 1. The Morgan fingerprint density at radius 3 is 2.26 bits per heavy atom. The van der Waals surface area contributed by atoms with Gasteiger partial charge in [-0.3, -0.25) is 14.4 Å². The van der Waals surface area contributed by atoms with Gasteiger partial charge in [-0.05, 0) is 121 Å². The summed E-state index contributed by atoms with van der Waals surface area (Å²) in [5.74, 6) is -3.20. The van der Waals surface area contributed by atoms with Crippen LogP contribution in [0.1, 0.15) is 139 Å². The van der Waals surface area contributed by atoms with E-state index < -0.39 is 71.7 Å². The van der Waals surface area contributed by atoms with Crippen molar-refractivity contribution in [2.75, 3.05) is 27.9 Å². The highest BCUT2D eigenvalue weighted by Gasteiger charge is 2.54. The van der Waals surface area contributed by atoms with Gasteiger partial charge in [-0.25, -0.2) is 4.79 Å². The molecule has 2 bridgehead atoms. The van der Waals surface area contributed by atoms with Gasteiger partial charge in [0.2, 0.25) is 0 Å². The third kappa shape index (κ3) is 13.2. The van der Waals surface area contributed by atoms with Gasteiger partial charge in [0, 0.05) is 46.1 Å². The fraction of sp³-hybridized carbons (Fsp3) is 0.800. The quantitative estimate of drug-likeness (QED) is 0.127. The minimum Gasteiger partial charge on any atom is -0.456 e. The van der Waals surface area contributed by atoms with Crippen LogP contribution in [0.5, 0.6) is 0 Å². The standard InChI is InChI=1S/C50H81NO11/c1-12-30(2)17-13-14-18-37-24-31(3)23-32(4)25-43(59-10)46-44(60-11)27-34(6)50(8,62-46)47(55)48(56)51-22-16-15-19-38(51)49(57)61-45(35(7)40(53)29-41(37)54)33(5)26-36-20-21-39(52)42(28-36)58-9/h13-14,24,26,30,32,34-40,42-46,52-53H,12,15-23,25,27-29H2,1-11H3/b14-13+,31-24+,33-26+/t30?,32-,34+,35+,36-,37+,38-,39+,40-,42+,43-,44-,45+,46+,50+/m0/s1. The maximum atomic E-state index is 14.6. The predicted octanol–water partition coefficient (Wildman–Crippen LogP) is 7.52. The molecule has 12 heteroatoms. The largest absolute Gasteiger partial charge is 0.456 e. The number of allylic oxidation sites excluding steroid dienone is 5. The van der Waals surface area contributed by atoms with Gasteiger partial charge in [-0.1, -0.05) is 70.9 Å². The number of hydrogen-bond acceptors (Lipinski definition) is 11. The molecule has 62 heavy (non-hydrogen) atoms. The number of aliphatic hydroxyl groups excluding tert-OH is 2. The van der Waals surface area contributed by atoms with Crippen LogP contribution in [0.2, 0.25) is 0 Å². The molecule has 0 radical (unpaired) electrons. The van der Waals surface area contributed by atoms with E-state index in [0.717, 1.165) is 18.4 Å². The van der Waals surface area contributed by atoms with E-state index in [0.29, 0.717) is 75.7 Å². The Bertz CT molecular complexity index is 1590. The summed E-state index contributed by atoms with van der Waals surface area (Å²) in [4.78, 5) is 59.2. The Hall–Kier alpha value is -2.74. The first-order valence-corrected chi connectivity index (χ1v) is 23.6. The minimum atomic E-state index is -1.51. The van der Waals surface area contributed by atoms with Crippen LogP contribution in [0.3, 0.4) is 0 Å². The second kappa shape index (κ2) is 24.0. The number of aliphatic hydroxyl groups is 2. The monoisotopic (exact) mass is 872 g/mol. The predicted molar refractivity (Wildman–Crippen MR) is 239 cm³/mol.